The summed E-state index contributed by atoms with van der Waals surface area (Å²) in [6.45, 7) is 3.94. The van der Waals surface area contributed by atoms with Gasteiger partial charge in [0.2, 0.25) is 5.91 Å². The van der Waals surface area contributed by atoms with E-state index in [2.05, 4.69) is 5.32 Å². The van der Waals surface area contributed by atoms with E-state index in [4.69, 9.17) is 0 Å². The van der Waals surface area contributed by atoms with Crippen LogP contribution in [0.5, 0.6) is 0 Å². The van der Waals surface area contributed by atoms with Gasteiger partial charge in [-0.1, -0.05) is 6.92 Å². The van der Waals surface area contributed by atoms with Crippen LogP contribution in [0.1, 0.15) is 13.8 Å². The van der Waals surface area contributed by atoms with E-state index in [-0.39, 0.29) is 11.8 Å². The molecule has 2 atom stereocenters. The summed E-state index contributed by atoms with van der Waals surface area (Å²) < 4.78 is 0. The second-order valence-electron chi connectivity index (χ2n) is 2.09. The molecule has 1 saturated heterocycles. The van der Waals surface area contributed by atoms with Gasteiger partial charge in [-0.3, -0.25) is 4.79 Å². The zero-order chi connectivity index (χ0) is 5.44. The molecule has 0 aromatic carbocycles. The lowest BCUT2D eigenvalue weighted by atomic mass is 9.95. The molecule has 1 aliphatic rings. The summed E-state index contributed by atoms with van der Waals surface area (Å²) in [4.78, 5) is 10.3. The van der Waals surface area contributed by atoms with Crippen LogP contribution in [0.4, 0.5) is 0 Å². The highest BCUT2D eigenvalue weighted by Crippen LogP contribution is 2.11. The number of hydrogen-bond donors (Lipinski definition) is 1. The molecule has 2 nitrogen and oxygen atoms in total. The maximum Gasteiger partial charge on any atom is 0.225 e. The summed E-state index contributed by atoms with van der Waals surface area (Å²) in [5.74, 6) is 0.438. The van der Waals surface area contributed by atoms with Crippen molar-refractivity contribution >= 4 is 5.91 Å². The van der Waals surface area contributed by atoms with E-state index in [1.807, 2.05) is 13.8 Å². The molecule has 1 N–H and O–H groups in total. The number of rotatable bonds is 0. The lowest BCUT2D eigenvalue weighted by Gasteiger charge is -2.30. The summed E-state index contributed by atoms with van der Waals surface area (Å²) in [5.41, 5.74) is 0. The Hall–Kier alpha value is -0.530. The Morgan fingerprint density at radius 3 is 2.14 bits per heavy atom. The van der Waals surface area contributed by atoms with Gasteiger partial charge in [-0.2, -0.15) is 0 Å². The average Bonchev–Trinajstić information content (AvgIpc) is 1.68. The molecule has 0 unspecified atom stereocenters. The van der Waals surface area contributed by atoms with E-state index in [1.165, 1.54) is 0 Å². The van der Waals surface area contributed by atoms with Crippen LogP contribution in [0.15, 0.2) is 0 Å². The summed E-state index contributed by atoms with van der Waals surface area (Å²) in [6.07, 6.45) is 0. The Bertz CT molecular complexity index is 100. The SMILES string of the molecule is C[C@H]1NC(=O)[C@@H]1C. The highest BCUT2D eigenvalue weighted by atomic mass is 16.2. The first-order valence-corrected chi connectivity index (χ1v) is 2.52. The van der Waals surface area contributed by atoms with Crippen LogP contribution >= 0.6 is 0 Å². The molecule has 0 aromatic heterocycles. The molecule has 1 heterocycles. The maximum atomic E-state index is 10.3. The van der Waals surface area contributed by atoms with Gasteiger partial charge in [0.15, 0.2) is 0 Å². The van der Waals surface area contributed by atoms with Gasteiger partial charge in [0, 0.05) is 6.04 Å². The van der Waals surface area contributed by atoms with Crippen molar-refractivity contribution in [1.29, 1.82) is 0 Å². The fourth-order valence-electron chi connectivity index (χ4n) is 0.612. The third-order valence-corrected chi connectivity index (χ3v) is 1.53. The molecule has 7 heavy (non-hydrogen) atoms. The standard InChI is InChI=1S/C5H9NO/c1-3-4(2)6-5(3)7/h3-4H,1-2H3,(H,6,7)/t3-,4-/m1/s1. The van der Waals surface area contributed by atoms with Crippen LogP contribution in [0.3, 0.4) is 0 Å². The third kappa shape index (κ3) is 0.501. The van der Waals surface area contributed by atoms with Crippen molar-refractivity contribution in [3.05, 3.63) is 0 Å². The number of carbonyl (C=O) groups excluding carboxylic acids is 1. The summed E-state index contributed by atoms with van der Waals surface area (Å²) in [7, 11) is 0. The first-order valence-electron chi connectivity index (χ1n) is 2.52. The third-order valence-electron chi connectivity index (χ3n) is 1.53. The Kier molecular flexibility index (Phi) is 0.805. The van der Waals surface area contributed by atoms with E-state index in [0.717, 1.165) is 0 Å². The van der Waals surface area contributed by atoms with Gasteiger partial charge in [0.1, 0.15) is 0 Å². The Morgan fingerprint density at radius 1 is 1.57 bits per heavy atom. The molecule has 0 spiro atoms. The number of carbonyl (C=O) groups is 1. The minimum atomic E-state index is 0.188. The minimum absolute atomic E-state index is 0.188. The molecule has 40 valence electrons. The lowest BCUT2D eigenvalue weighted by Crippen LogP contribution is -2.54. The molecule has 2 heteroatoms. The van der Waals surface area contributed by atoms with E-state index in [9.17, 15) is 4.79 Å². The monoisotopic (exact) mass is 99.1 g/mol. The number of amides is 1. The largest absolute Gasteiger partial charge is 0.353 e. The van der Waals surface area contributed by atoms with Gasteiger partial charge in [0.05, 0.1) is 5.92 Å². The summed E-state index contributed by atoms with van der Waals surface area (Å²) >= 11 is 0. The average molecular weight is 99.1 g/mol. The lowest BCUT2D eigenvalue weighted by molar-refractivity contribution is -0.133. The molecule has 1 aliphatic heterocycles. The number of β-lactam (4-membered cyclic amide) rings is 1. The number of nitrogens with one attached hydrogen (secondary N) is 1. The Morgan fingerprint density at radius 2 is 2.14 bits per heavy atom. The predicted molar refractivity (Wildman–Crippen MR) is 26.8 cm³/mol. The summed E-state index contributed by atoms with van der Waals surface area (Å²) in [5, 5.41) is 2.72. The van der Waals surface area contributed by atoms with Gasteiger partial charge in [-0.05, 0) is 6.92 Å². The molecule has 0 saturated carbocycles. The molecule has 0 radical (unpaired) electrons. The molecular formula is C5H9NO. The molecule has 1 amide bonds. The minimum Gasteiger partial charge on any atom is -0.353 e. The van der Waals surface area contributed by atoms with Crippen LogP contribution in [0.25, 0.3) is 0 Å². The zero-order valence-electron chi connectivity index (χ0n) is 4.56. The highest BCUT2D eigenvalue weighted by Gasteiger charge is 2.30. The Labute approximate surface area is 42.9 Å². The summed E-state index contributed by atoms with van der Waals surface area (Å²) in [6, 6.07) is 0.410. The second kappa shape index (κ2) is 1.22. The molecule has 1 rings (SSSR count). The first-order chi connectivity index (χ1) is 3.22. The Balaban J connectivity index is 2.43. The maximum absolute atomic E-state index is 10.3. The van der Waals surface area contributed by atoms with Crippen molar-refractivity contribution in [2.75, 3.05) is 0 Å². The highest BCUT2D eigenvalue weighted by molar-refractivity contribution is 5.85. The van der Waals surface area contributed by atoms with Gasteiger partial charge < -0.3 is 5.32 Å². The molecule has 1 fully saturated rings. The van der Waals surface area contributed by atoms with Crippen molar-refractivity contribution in [3.63, 3.8) is 0 Å². The van der Waals surface area contributed by atoms with E-state index in [0.29, 0.717) is 6.04 Å². The van der Waals surface area contributed by atoms with Gasteiger partial charge in [0.25, 0.3) is 0 Å². The van der Waals surface area contributed by atoms with Gasteiger partial charge in [-0.15, -0.1) is 0 Å². The van der Waals surface area contributed by atoms with Crippen LogP contribution in [-0.4, -0.2) is 11.9 Å². The normalized spacial score (nSPS) is 39.4. The second-order valence-corrected chi connectivity index (χ2v) is 2.09. The first kappa shape index (κ1) is 4.62. The quantitative estimate of drug-likeness (QED) is 0.430. The van der Waals surface area contributed by atoms with E-state index >= 15 is 0 Å². The fourth-order valence-corrected chi connectivity index (χ4v) is 0.612. The van der Waals surface area contributed by atoms with Gasteiger partial charge in [-0.25, -0.2) is 0 Å². The van der Waals surface area contributed by atoms with E-state index < -0.39 is 0 Å². The molecule has 0 aliphatic carbocycles. The topological polar surface area (TPSA) is 29.1 Å². The van der Waals surface area contributed by atoms with Crippen molar-refractivity contribution in [2.24, 2.45) is 5.92 Å². The molecular weight excluding hydrogens is 90.1 g/mol. The molecule has 0 aromatic rings. The van der Waals surface area contributed by atoms with Crippen molar-refractivity contribution in [1.82, 2.24) is 5.32 Å². The smallest absolute Gasteiger partial charge is 0.225 e. The van der Waals surface area contributed by atoms with Crippen LogP contribution in [0, 0.1) is 5.92 Å². The number of hydrogen-bond acceptors (Lipinski definition) is 1. The van der Waals surface area contributed by atoms with Crippen LogP contribution < -0.4 is 5.32 Å². The van der Waals surface area contributed by atoms with Crippen molar-refractivity contribution in [2.45, 2.75) is 19.9 Å². The van der Waals surface area contributed by atoms with Crippen LogP contribution in [-0.2, 0) is 4.79 Å². The van der Waals surface area contributed by atoms with Crippen molar-refractivity contribution in [3.8, 4) is 0 Å². The van der Waals surface area contributed by atoms with E-state index in [1.54, 1.807) is 0 Å². The molecule has 0 bridgehead atoms. The predicted octanol–water partition coefficient (Wildman–Crippen LogP) is 0.141. The van der Waals surface area contributed by atoms with Crippen LogP contribution in [0.2, 0.25) is 0 Å². The van der Waals surface area contributed by atoms with Gasteiger partial charge >= 0.3 is 0 Å². The van der Waals surface area contributed by atoms with Crippen molar-refractivity contribution < 1.29 is 4.79 Å². The fraction of sp³-hybridized carbons (Fsp3) is 0.800. The zero-order valence-corrected chi connectivity index (χ0v) is 4.56.